The number of hydrogen-bond acceptors (Lipinski definition) is 3. The molecule has 2 fully saturated rings. The third-order valence-electron chi connectivity index (χ3n) is 4.81. The molecule has 1 heterocycles. The third-order valence-corrected chi connectivity index (χ3v) is 6.73. The van der Waals surface area contributed by atoms with Gasteiger partial charge in [0.1, 0.15) is 5.82 Å². The molecule has 0 spiro atoms. The molecule has 0 bridgehead atoms. The summed E-state index contributed by atoms with van der Waals surface area (Å²) in [4.78, 5) is 11.2. The zero-order valence-corrected chi connectivity index (χ0v) is 13.9. The minimum absolute atomic E-state index is 0.0360. The van der Waals surface area contributed by atoms with Crippen LogP contribution in [-0.4, -0.2) is 31.2 Å². The Morgan fingerprint density at radius 3 is 2.74 bits per heavy atom. The van der Waals surface area contributed by atoms with E-state index in [0.29, 0.717) is 12.5 Å². The van der Waals surface area contributed by atoms with Crippen LogP contribution in [-0.2, 0) is 14.8 Å². The van der Waals surface area contributed by atoms with Crippen molar-refractivity contribution in [2.24, 2.45) is 5.92 Å². The van der Waals surface area contributed by atoms with E-state index in [1.807, 2.05) is 0 Å². The van der Waals surface area contributed by atoms with Crippen molar-refractivity contribution in [2.75, 3.05) is 11.9 Å². The first-order valence-electron chi connectivity index (χ1n) is 7.98. The highest BCUT2D eigenvalue weighted by Gasteiger charge is 2.42. The molecule has 1 N–H and O–H groups in total. The van der Waals surface area contributed by atoms with Gasteiger partial charge in [0.15, 0.2) is 0 Å². The van der Waals surface area contributed by atoms with Crippen LogP contribution in [0.15, 0.2) is 23.1 Å². The normalized spacial score (nSPS) is 25.1. The van der Waals surface area contributed by atoms with Gasteiger partial charge in [-0.15, -0.1) is 0 Å². The van der Waals surface area contributed by atoms with Crippen molar-refractivity contribution in [1.82, 2.24) is 4.31 Å². The van der Waals surface area contributed by atoms with Gasteiger partial charge in [-0.1, -0.05) is 12.8 Å². The van der Waals surface area contributed by atoms with Crippen LogP contribution in [0.3, 0.4) is 0 Å². The number of hydrogen-bond donors (Lipinski definition) is 1. The maximum Gasteiger partial charge on any atom is 0.243 e. The molecule has 126 valence electrons. The average Bonchev–Trinajstić information content (AvgIpc) is 2.93. The van der Waals surface area contributed by atoms with Crippen molar-refractivity contribution >= 4 is 21.6 Å². The smallest absolute Gasteiger partial charge is 0.243 e. The number of fused-ring (bicyclic) bond motifs is 1. The molecule has 1 aromatic carbocycles. The quantitative estimate of drug-likeness (QED) is 0.920. The summed E-state index contributed by atoms with van der Waals surface area (Å²) in [6, 6.07) is 3.63. The van der Waals surface area contributed by atoms with Crippen LogP contribution in [0.1, 0.15) is 39.0 Å². The summed E-state index contributed by atoms with van der Waals surface area (Å²) in [5, 5.41) is 2.34. The van der Waals surface area contributed by atoms with E-state index in [4.69, 9.17) is 0 Å². The number of carbonyl (C=O) groups is 1. The van der Waals surface area contributed by atoms with Gasteiger partial charge in [0.05, 0.1) is 10.6 Å². The fraction of sp³-hybridized carbons (Fsp3) is 0.562. The molecule has 2 atom stereocenters. The van der Waals surface area contributed by atoms with Crippen molar-refractivity contribution in [3.63, 3.8) is 0 Å². The highest BCUT2D eigenvalue weighted by molar-refractivity contribution is 7.89. The summed E-state index contributed by atoms with van der Waals surface area (Å²) in [7, 11) is -3.67. The van der Waals surface area contributed by atoms with Gasteiger partial charge in [0.25, 0.3) is 0 Å². The highest BCUT2D eigenvalue weighted by Crippen LogP contribution is 2.39. The predicted octanol–water partition coefficient (Wildman–Crippen LogP) is 2.74. The second kappa shape index (κ2) is 6.20. The summed E-state index contributed by atoms with van der Waals surface area (Å²) >= 11 is 0. The highest BCUT2D eigenvalue weighted by atomic mass is 32.2. The summed E-state index contributed by atoms with van der Waals surface area (Å²) in [5.41, 5.74) is -0.0991. The van der Waals surface area contributed by atoms with Gasteiger partial charge >= 0.3 is 0 Å². The van der Waals surface area contributed by atoms with Crippen LogP contribution in [0.4, 0.5) is 10.1 Å². The van der Waals surface area contributed by atoms with E-state index in [0.717, 1.165) is 38.2 Å². The van der Waals surface area contributed by atoms with Gasteiger partial charge in [-0.3, -0.25) is 4.79 Å². The molecule has 1 saturated carbocycles. The van der Waals surface area contributed by atoms with Gasteiger partial charge in [-0.2, -0.15) is 4.31 Å². The van der Waals surface area contributed by atoms with Crippen LogP contribution < -0.4 is 5.32 Å². The van der Waals surface area contributed by atoms with Crippen LogP contribution in [0.2, 0.25) is 0 Å². The Kier molecular flexibility index (Phi) is 4.42. The minimum atomic E-state index is -3.67. The van der Waals surface area contributed by atoms with Crippen LogP contribution in [0.25, 0.3) is 0 Å². The molecular formula is C16H21FN2O3S. The monoisotopic (exact) mass is 340 g/mol. The first-order valence-corrected chi connectivity index (χ1v) is 9.42. The molecule has 0 radical (unpaired) electrons. The maximum absolute atomic E-state index is 13.7. The second-order valence-electron chi connectivity index (χ2n) is 6.34. The average molecular weight is 340 g/mol. The number of nitrogens with one attached hydrogen (secondary N) is 1. The largest absolute Gasteiger partial charge is 0.324 e. The molecular weight excluding hydrogens is 319 g/mol. The van der Waals surface area contributed by atoms with E-state index in [1.54, 1.807) is 4.31 Å². The molecule has 3 rings (SSSR count). The molecule has 2 unspecified atom stereocenters. The van der Waals surface area contributed by atoms with Crippen molar-refractivity contribution in [3.05, 3.63) is 24.0 Å². The van der Waals surface area contributed by atoms with Gasteiger partial charge in [0, 0.05) is 19.5 Å². The lowest BCUT2D eigenvalue weighted by Crippen LogP contribution is -2.39. The molecule has 2 aliphatic rings. The fourth-order valence-corrected chi connectivity index (χ4v) is 5.50. The molecule has 0 aromatic heterocycles. The van der Waals surface area contributed by atoms with Gasteiger partial charge < -0.3 is 5.32 Å². The van der Waals surface area contributed by atoms with Gasteiger partial charge in [-0.05, 0) is 43.4 Å². The first-order chi connectivity index (χ1) is 10.9. The lowest BCUT2D eigenvalue weighted by Gasteiger charge is -2.31. The molecule has 5 nitrogen and oxygen atoms in total. The Labute approximate surface area is 135 Å². The molecule has 1 aromatic rings. The zero-order valence-electron chi connectivity index (χ0n) is 13.1. The second-order valence-corrected chi connectivity index (χ2v) is 8.23. The molecule has 1 aliphatic heterocycles. The topological polar surface area (TPSA) is 66.5 Å². The van der Waals surface area contributed by atoms with E-state index in [-0.39, 0.29) is 16.6 Å². The summed E-state index contributed by atoms with van der Waals surface area (Å²) < 4.78 is 41.2. The summed E-state index contributed by atoms with van der Waals surface area (Å²) in [6.45, 7) is 1.78. The predicted molar refractivity (Wildman–Crippen MR) is 85.0 cm³/mol. The van der Waals surface area contributed by atoms with E-state index >= 15 is 0 Å². The van der Waals surface area contributed by atoms with Crippen LogP contribution >= 0.6 is 0 Å². The Hall–Kier alpha value is -1.47. The van der Waals surface area contributed by atoms with Crippen LogP contribution in [0, 0.1) is 11.7 Å². The van der Waals surface area contributed by atoms with E-state index < -0.39 is 21.7 Å². The van der Waals surface area contributed by atoms with Crippen molar-refractivity contribution in [3.8, 4) is 0 Å². The van der Waals surface area contributed by atoms with Gasteiger partial charge in [0.2, 0.25) is 15.9 Å². The molecule has 23 heavy (non-hydrogen) atoms. The van der Waals surface area contributed by atoms with E-state index in [1.165, 1.54) is 19.1 Å². The zero-order chi connectivity index (χ0) is 16.6. The van der Waals surface area contributed by atoms with Crippen molar-refractivity contribution < 1.29 is 17.6 Å². The van der Waals surface area contributed by atoms with Crippen molar-refractivity contribution in [2.45, 2.75) is 50.0 Å². The Morgan fingerprint density at radius 1 is 1.26 bits per heavy atom. The number of benzene rings is 1. The van der Waals surface area contributed by atoms with Gasteiger partial charge in [-0.25, -0.2) is 12.8 Å². The summed E-state index contributed by atoms with van der Waals surface area (Å²) in [6.07, 6.45) is 5.08. The third kappa shape index (κ3) is 3.12. The Morgan fingerprint density at radius 2 is 2.00 bits per heavy atom. The fourth-order valence-electron chi connectivity index (χ4n) is 3.75. The number of rotatable bonds is 3. The maximum atomic E-state index is 13.7. The first kappa shape index (κ1) is 16.4. The Balaban J connectivity index is 1.92. The molecule has 1 aliphatic carbocycles. The number of halogens is 1. The SMILES string of the molecule is CC(=O)Nc1cc(S(=O)(=O)N2CCC3CCCCC32)ccc1F. The number of amides is 1. The van der Waals surface area contributed by atoms with E-state index in [9.17, 15) is 17.6 Å². The lowest BCUT2D eigenvalue weighted by atomic mass is 9.86. The van der Waals surface area contributed by atoms with Crippen molar-refractivity contribution in [1.29, 1.82) is 0 Å². The van der Waals surface area contributed by atoms with Crippen LogP contribution in [0.5, 0.6) is 0 Å². The number of carbonyl (C=O) groups excluding carboxylic acids is 1. The number of anilines is 1. The molecule has 1 amide bonds. The number of nitrogens with zero attached hydrogens (tertiary/aromatic N) is 1. The molecule has 1 saturated heterocycles. The summed E-state index contributed by atoms with van der Waals surface area (Å²) in [5.74, 6) is -0.642. The molecule has 7 heteroatoms. The standard InChI is InChI=1S/C16H21FN2O3S/c1-11(20)18-15-10-13(6-7-14(15)17)23(21,22)19-9-8-12-4-2-3-5-16(12)19/h6-7,10,12,16H,2-5,8-9H2,1H3,(H,18,20). The van der Waals surface area contributed by atoms with E-state index in [2.05, 4.69) is 5.32 Å². The minimum Gasteiger partial charge on any atom is -0.324 e. The lowest BCUT2D eigenvalue weighted by molar-refractivity contribution is -0.114. The Bertz CT molecular complexity index is 720. The number of sulfonamides is 1.